The van der Waals surface area contributed by atoms with Crippen LogP contribution in [-0.2, 0) is 4.79 Å². The standard InChI is InChI=1S/C12H17NO3/c1-9(10-4-6-16-8-10)13-5-2-3-11(13)7-12(14)15/h4,6,8-9,11H,2-3,5,7H2,1H3,(H,14,15). The molecule has 0 aliphatic carbocycles. The molecule has 0 radical (unpaired) electrons. The van der Waals surface area contributed by atoms with Crippen molar-refractivity contribution in [3.63, 3.8) is 0 Å². The minimum Gasteiger partial charge on any atom is -0.481 e. The number of hydrogen-bond donors (Lipinski definition) is 1. The van der Waals surface area contributed by atoms with Gasteiger partial charge in [-0.05, 0) is 32.4 Å². The van der Waals surface area contributed by atoms with Gasteiger partial charge in [-0.25, -0.2) is 0 Å². The molecule has 1 aromatic heterocycles. The summed E-state index contributed by atoms with van der Waals surface area (Å²) < 4.78 is 5.07. The number of hydrogen-bond acceptors (Lipinski definition) is 3. The molecule has 88 valence electrons. The van der Waals surface area contributed by atoms with Crippen molar-refractivity contribution < 1.29 is 14.3 Å². The maximum Gasteiger partial charge on any atom is 0.304 e. The topological polar surface area (TPSA) is 53.7 Å². The summed E-state index contributed by atoms with van der Waals surface area (Å²) in [5.74, 6) is -0.712. The van der Waals surface area contributed by atoms with Gasteiger partial charge in [-0.15, -0.1) is 0 Å². The van der Waals surface area contributed by atoms with Crippen molar-refractivity contribution in [2.45, 2.75) is 38.3 Å². The fourth-order valence-corrected chi connectivity index (χ4v) is 2.49. The second-order valence-electron chi connectivity index (χ2n) is 4.36. The fraction of sp³-hybridized carbons (Fsp3) is 0.583. The van der Waals surface area contributed by atoms with Crippen LogP contribution in [0.15, 0.2) is 23.0 Å². The van der Waals surface area contributed by atoms with Crippen LogP contribution in [0, 0.1) is 0 Å². The number of likely N-dealkylation sites (tertiary alicyclic amines) is 1. The maximum absolute atomic E-state index is 10.8. The van der Waals surface area contributed by atoms with E-state index >= 15 is 0 Å². The van der Waals surface area contributed by atoms with E-state index in [-0.39, 0.29) is 18.5 Å². The van der Waals surface area contributed by atoms with Gasteiger partial charge in [-0.3, -0.25) is 9.69 Å². The zero-order valence-corrected chi connectivity index (χ0v) is 9.43. The lowest BCUT2D eigenvalue weighted by atomic mass is 10.1. The molecule has 0 spiro atoms. The molecule has 4 heteroatoms. The van der Waals surface area contributed by atoms with Gasteiger partial charge in [0, 0.05) is 17.6 Å². The van der Waals surface area contributed by atoms with Crippen LogP contribution in [0.1, 0.15) is 37.8 Å². The van der Waals surface area contributed by atoms with Gasteiger partial charge >= 0.3 is 5.97 Å². The van der Waals surface area contributed by atoms with E-state index in [4.69, 9.17) is 9.52 Å². The Morgan fingerprint density at radius 3 is 3.19 bits per heavy atom. The van der Waals surface area contributed by atoms with Crippen LogP contribution in [0.2, 0.25) is 0 Å². The number of carboxylic acid groups (broad SMARTS) is 1. The molecule has 1 aliphatic rings. The molecular formula is C12H17NO3. The Morgan fingerprint density at radius 2 is 2.56 bits per heavy atom. The van der Waals surface area contributed by atoms with Gasteiger partial charge in [0.05, 0.1) is 18.9 Å². The van der Waals surface area contributed by atoms with Gasteiger partial charge in [-0.1, -0.05) is 0 Å². The van der Waals surface area contributed by atoms with Crippen LogP contribution in [0.5, 0.6) is 0 Å². The quantitative estimate of drug-likeness (QED) is 0.850. The van der Waals surface area contributed by atoms with Crippen LogP contribution >= 0.6 is 0 Å². The highest BCUT2D eigenvalue weighted by atomic mass is 16.4. The van der Waals surface area contributed by atoms with E-state index in [0.717, 1.165) is 24.9 Å². The molecule has 2 rings (SSSR count). The van der Waals surface area contributed by atoms with E-state index in [9.17, 15) is 4.79 Å². The molecule has 1 aromatic rings. The molecule has 1 aliphatic heterocycles. The second kappa shape index (κ2) is 4.70. The minimum absolute atomic E-state index is 0.169. The van der Waals surface area contributed by atoms with E-state index in [1.54, 1.807) is 12.5 Å². The summed E-state index contributed by atoms with van der Waals surface area (Å²) in [4.78, 5) is 13.0. The lowest BCUT2D eigenvalue weighted by molar-refractivity contribution is -0.138. The highest BCUT2D eigenvalue weighted by Gasteiger charge is 2.30. The van der Waals surface area contributed by atoms with Gasteiger partial charge in [-0.2, -0.15) is 0 Å². The largest absolute Gasteiger partial charge is 0.481 e. The smallest absolute Gasteiger partial charge is 0.304 e. The molecule has 2 unspecified atom stereocenters. The third-order valence-corrected chi connectivity index (χ3v) is 3.36. The number of carboxylic acids is 1. The van der Waals surface area contributed by atoms with E-state index in [2.05, 4.69) is 11.8 Å². The monoisotopic (exact) mass is 223 g/mol. The molecule has 0 amide bonds. The predicted octanol–water partition coefficient (Wildman–Crippen LogP) is 2.28. The van der Waals surface area contributed by atoms with Gasteiger partial charge in [0.15, 0.2) is 0 Å². The Kier molecular flexibility index (Phi) is 3.29. The second-order valence-corrected chi connectivity index (χ2v) is 4.36. The van der Waals surface area contributed by atoms with Crippen molar-refractivity contribution in [1.82, 2.24) is 4.90 Å². The summed E-state index contributed by atoms with van der Waals surface area (Å²) >= 11 is 0. The molecule has 1 saturated heterocycles. The van der Waals surface area contributed by atoms with Crippen LogP contribution < -0.4 is 0 Å². The number of carbonyl (C=O) groups is 1. The normalized spacial score (nSPS) is 23.4. The molecule has 16 heavy (non-hydrogen) atoms. The maximum atomic E-state index is 10.8. The van der Waals surface area contributed by atoms with Crippen LogP contribution in [0.4, 0.5) is 0 Å². The first-order chi connectivity index (χ1) is 7.68. The summed E-state index contributed by atoms with van der Waals surface area (Å²) in [6, 6.07) is 2.36. The Morgan fingerprint density at radius 1 is 1.75 bits per heavy atom. The summed E-state index contributed by atoms with van der Waals surface area (Å²) in [7, 11) is 0. The molecule has 0 saturated carbocycles. The third kappa shape index (κ3) is 2.27. The van der Waals surface area contributed by atoms with E-state index < -0.39 is 5.97 Å². The van der Waals surface area contributed by atoms with Crippen LogP contribution in [-0.4, -0.2) is 28.6 Å². The summed E-state index contributed by atoms with van der Waals surface area (Å²) in [6.45, 7) is 3.08. The van der Waals surface area contributed by atoms with E-state index in [1.807, 2.05) is 6.07 Å². The Hall–Kier alpha value is -1.29. The summed E-state index contributed by atoms with van der Waals surface area (Å²) in [6.07, 6.45) is 5.70. The van der Waals surface area contributed by atoms with Crippen molar-refractivity contribution in [3.05, 3.63) is 24.2 Å². The Bertz CT molecular complexity index is 347. The van der Waals surface area contributed by atoms with Gasteiger partial charge in [0.25, 0.3) is 0 Å². The molecule has 1 fully saturated rings. The zero-order valence-electron chi connectivity index (χ0n) is 9.43. The average molecular weight is 223 g/mol. The molecule has 0 bridgehead atoms. The van der Waals surface area contributed by atoms with Crippen molar-refractivity contribution in [2.24, 2.45) is 0 Å². The molecule has 2 atom stereocenters. The highest BCUT2D eigenvalue weighted by molar-refractivity contribution is 5.67. The van der Waals surface area contributed by atoms with Crippen molar-refractivity contribution in [2.75, 3.05) is 6.54 Å². The number of rotatable bonds is 4. The lowest BCUT2D eigenvalue weighted by Crippen LogP contribution is -2.33. The number of nitrogens with zero attached hydrogens (tertiary/aromatic N) is 1. The first kappa shape index (κ1) is 11.2. The van der Waals surface area contributed by atoms with Gasteiger partial charge in [0.1, 0.15) is 0 Å². The fourth-order valence-electron chi connectivity index (χ4n) is 2.49. The molecule has 2 heterocycles. The van der Waals surface area contributed by atoms with Crippen molar-refractivity contribution in [1.29, 1.82) is 0 Å². The average Bonchev–Trinajstić information content (AvgIpc) is 2.84. The summed E-state index contributed by atoms with van der Waals surface area (Å²) in [5.41, 5.74) is 1.12. The van der Waals surface area contributed by atoms with E-state index in [1.165, 1.54) is 0 Å². The third-order valence-electron chi connectivity index (χ3n) is 3.36. The van der Waals surface area contributed by atoms with Crippen LogP contribution in [0.3, 0.4) is 0 Å². The minimum atomic E-state index is -0.712. The first-order valence-corrected chi connectivity index (χ1v) is 5.68. The van der Waals surface area contributed by atoms with Gasteiger partial charge < -0.3 is 9.52 Å². The Balaban J connectivity index is 2.05. The highest BCUT2D eigenvalue weighted by Crippen LogP contribution is 2.30. The number of furan rings is 1. The molecule has 1 N–H and O–H groups in total. The van der Waals surface area contributed by atoms with Crippen LogP contribution in [0.25, 0.3) is 0 Å². The molecular weight excluding hydrogens is 206 g/mol. The molecule has 4 nitrogen and oxygen atoms in total. The Labute approximate surface area is 94.9 Å². The predicted molar refractivity (Wildman–Crippen MR) is 59.1 cm³/mol. The summed E-state index contributed by atoms with van der Waals surface area (Å²) in [5, 5.41) is 8.86. The SMILES string of the molecule is CC(c1ccoc1)N1CCCC1CC(=O)O. The van der Waals surface area contributed by atoms with E-state index in [0.29, 0.717) is 0 Å². The first-order valence-electron chi connectivity index (χ1n) is 5.68. The molecule has 0 aromatic carbocycles. The zero-order chi connectivity index (χ0) is 11.5. The van der Waals surface area contributed by atoms with Crippen molar-refractivity contribution in [3.8, 4) is 0 Å². The number of aliphatic carboxylic acids is 1. The van der Waals surface area contributed by atoms with Gasteiger partial charge in [0.2, 0.25) is 0 Å². The van der Waals surface area contributed by atoms with Crippen molar-refractivity contribution >= 4 is 5.97 Å². The lowest BCUT2D eigenvalue weighted by Gasteiger charge is -2.29.